The Hall–Kier alpha value is -1.02. The lowest BCUT2D eigenvalue weighted by atomic mass is 9.84. The van der Waals surface area contributed by atoms with Gasteiger partial charge in [-0.1, -0.05) is 32.9 Å². The lowest BCUT2D eigenvalue weighted by molar-refractivity contribution is -0.0179. The van der Waals surface area contributed by atoms with Gasteiger partial charge in [-0.05, 0) is 23.5 Å². The first-order valence-electron chi connectivity index (χ1n) is 5.33. The van der Waals surface area contributed by atoms with Crippen molar-refractivity contribution in [3.63, 3.8) is 0 Å². The van der Waals surface area contributed by atoms with Crippen LogP contribution in [0.25, 0.3) is 0 Å². The number of aryl methyl sites for hydroxylation is 1. The maximum Gasteiger partial charge on any atom is 0.189 e. The van der Waals surface area contributed by atoms with Gasteiger partial charge < -0.3 is 9.47 Å². The van der Waals surface area contributed by atoms with Gasteiger partial charge in [0.05, 0.1) is 6.61 Å². The Morgan fingerprint density at radius 3 is 2.60 bits per heavy atom. The van der Waals surface area contributed by atoms with Crippen LogP contribution in [0.4, 0.5) is 0 Å². The molecular formula is C13H18O2. The Kier molecular flexibility index (Phi) is 2.47. The average molecular weight is 206 g/mol. The molecule has 0 aromatic heterocycles. The fourth-order valence-electron chi connectivity index (χ4n) is 1.91. The maximum absolute atomic E-state index is 5.64. The fraction of sp³-hybridized carbons (Fsp3) is 0.538. The third-order valence-electron chi connectivity index (χ3n) is 2.84. The molecule has 0 atom stereocenters. The summed E-state index contributed by atoms with van der Waals surface area (Å²) in [6.45, 7) is 9.76. The third-order valence-corrected chi connectivity index (χ3v) is 2.84. The molecule has 2 nitrogen and oxygen atoms in total. The molecule has 2 rings (SSSR count). The van der Waals surface area contributed by atoms with E-state index in [-0.39, 0.29) is 5.41 Å². The van der Waals surface area contributed by atoms with E-state index in [1.54, 1.807) is 0 Å². The molecule has 0 unspecified atom stereocenters. The van der Waals surface area contributed by atoms with E-state index >= 15 is 0 Å². The van der Waals surface area contributed by atoms with E-state index in [0.717, 1.165) is 5.75 Å². The highest BCUT2D eigenvalue weighted by Crippen LogP contribution is 2.37. The van der Waals surface area contributed by atoms with Crippen molar-refractivity contribution in [2.75, 3.05) is 6.79 Å². The monoisotopic (exact) mass is 206 g/mol. The molecule has 1 heterocycles. The zero-order valence-electron chi connectivity index (χ0n) is 9.89. The lowest BCUT2D eigenvalue weighted by Crippen LogP contribution is -2.20. The smallest absolute Gasteiger partial charge is 0.189 e. The van der Waals surface area contributed by atoms with Crippen LogP contribution in [0.1, 0.15) is 37.5 Å². The maximum atomic E-state index is 5.64. The highest BCUT2D eigenvalue weighted by molar-refractivity contribution is 5.49. The van der Waals surface area contributed by atoms with Crippen molar-refractivity contribution in [2.24, 2.45) is 0 Å². The van der Waals surface area contributed by atoms with Crippen molar-refractivity contribution in [3.05, 3.63) is 28.8 Å². The van der Waals surface area contributed by atoms with Gasteiger partial charge in [-0.25, -0.2) is 0 Å². The zero-order valence-corrected chi connectivity index (χ0v) is 9.89. The van der Waals surface area contributed by atoms with Gasteiger partial charge in [-0.3, -0.25) is 0 Å². The van der Waals surface area contributed by atoms with Crippen molar-refractivity contribution in [3.8, 4) is 5.75 Å². The number of hydrogen-bond donors (Lipinski definition) is 0. The number of hydrogen-bond acceptors (Lipinski definition) is 2. The molecule has 1 aliphatic heterocycles. The highest BCUT2D eigenvalue weighted by Gasteiger charge is 2.24. The Balaban J connectivity index is 2.58. The number of rotatable bonds is 0. The van der Waals surface area contributed by atoms with E-state index in [1.165, 1.54) is 16.7 Å². The summed E-state index contributed by atoms with van der Waals surface area (Å²) in [5.41, 5.74) is 3.84. The molecule has 0 saturated heterocycles. The largest absolute Gasteiger partial charge is 0.467 e. The van der Waals surface area contributed by atoms with Crippen LogP contribution in [0.15, 0.2) is 12.1 Å². The number of benzene rings is 1. The van der Waals surface area contributed by atoms with Crippen LogP contribution in [-0.4, -0.2) is 6.79 Å². The summed E-state index contributed by atoms with van der Waals surface area (Å²) in [6, 6.07) is 4.32. The topological polar surface area (TPSA) is 18.5 Å². The van der Waals surface area contributed by atoms with Gasteiger partial charge >= 0.3 is 0 Å². The predicted octanol–water partition coefficient (Wildman–Crippen LogP) is 3.16. The average Bonchev–Trinajstić information content (AvgIpc) is 2.17. The SMILES string of the molecule is Cc1ccc(C(C)(C)C)c2c1COCO2. The van der Waals surface area contributed by atoms with E-state index in [1.807, 2.05) is 0 Å². The van der Waals surface area contributed by atoms with Crippen molar-refractivity contribution >= 4 is 0 Å². The van der Waals surface area contributed by atoms with E-state index in [4.69, 9.17) is 9.47 Å². The van der Waals surface area contributed by atoms with Gasteiger partial charge in [-0.2, -0.15) is 0 Å². The number of fused-ring (bicyclic) bond motifs is 1. The third kappa shape index (κ3) is 1.86. The normalized spacial score (nSPS) is 15.7. The summed E-state index contributed by atoms with van der Waals surface area (Å²) in [7, 11) is 0. The van der Waals surface area contributed by atoms with Gasteiger partial charge in [0.2, 0.25) is 0 Å². The highest BCUT2D eigenvalue weighted by atomic mass is 16.7. The summed E-state index contributed by atoms with van der Waals surface area (Å²) < 4.78 is 11.0. The molecule has 0 fully saturated rings. The van der Waals surface area contributed by atoms with Crippen molar-refractivity contribution in [1.82, 2.24) is 0 Å². The lowest BCUT2D eigenvalue weighted by Gasteiger charge is -2.28. The summed E-state index contributed by atoms with van der Waals surface area (Å²) in [5, 5.41) is 0. The second-order valence-corrected chi connectivity index (χ2v) is 5.10. The first-order valence-corrected chi connectivity index (χ1v) is 5.33. The Labute approximate surface area is 91.2 Å². The minimum absolute atomic E-state index is 0.120. The number of ether oxygens (including phenoxy) is 2. The summed E-state index contributed by atoms with van der Waals surface area (Å²) in [5.74, 6) is 1.04. The van der Waals surface area contributed by atoms with Gasteiger partial charge in [0.15, 0.2) is 6.79 Å². The second-order valence-electron chi connectivity index (χ2n) is 5.10. The van der Waals surface area contributed by atoms with Gasteiger partial charge in [0.25, 0.3) is 0 Å². The zero-order chi connectivity index (χ0) is 11.1. The molecule has 0 amide bonds. The van der Waals surface area contributed by atoms with E-state index in [2.05, 4.69) is 39.8 Å². The van der Waals surface area contributed by atoms with Crippen molar-refractivity contribution in [2.45, 2.75) is 39.7 Å². The van der Waals surface area contributed by atoms with Gasteiger partial charge in [0, 0.05) is 5.56 Å². The minimum Gasteiger partial charge on any atom is -0.467 e. The molecule has 0 N–H and O–H groups in total. The Bertz CT molecular complexity index is 375. The van der Waals surface area contributed by atoms with Crippen LogP contribution in [0, 0.1) is 6.92 Å². The first-order chi connectivity index (χ1) is 7.00. The molecule has 0 saturated carbocycles. The Morgan fingerprint density at radius 2 is 1.93 bits per heavy atom. The predicted molar refractivity (Wildman–Crippen MR) is 60.2 cm³/mol. The summed E-state index contributed by atoms with van der Waals surface area (Å²) in [6.07, 6.45) is 0. The van der Waals surface area contributed by atoms with Crippen LogP contribution in [0.5, 0.6) is 5.75 Å². The minimum atomic E-state index is 0.120. The molecule has 1 aliphatic rings. The van der Waals surface area contributed by atoms with E-state index in [9.17, 15) is 0 Å². The molecular weight excluding hydrogens is 188 g/mol. The molecule has 0 bridgehead atoms. The van der Waals surface area contributed by atoms with E-state index in [0.29, 0.717) is 13.4 Å². The van der Waals surface area contributed by atoms with Gasteiger partial charge in [-0.15, -0.1) is 0 Å². The molecule has 1 aromatic rings. The van der Waals surface area contributed by atoms with Gasteiger partial charge in [0.1, 0.15) is 5.75 Å². The van der Waals surface area contributed by atoms with Crippen LogP contribution >= 0.6 is 0 Å². The molecule has 0 spiro atoms. The second kappa shape index (κ2) is 3.53. The van der Waals surface area contributed by atoms with Crippen LogP contribution in [-0.2, 0) is 16.8 Å². The first kappa shape index (κ1) is 10.5. The Morgan fingerprint density at radius 1 is 1.20 bits per heavy atom. The standard InChI is InChI=1S/C13H18O2/c1-9-5-6-11(13(2,3)4)12-10(9)7-14-8-15-12/h5-6H,7-8H2,1-4H3. The van der Waals surface area contributed by atoms with Crippen molar-refractivity contribution < 1.29 is 9.47 Å². The molecule has 2 heteroatoms. The fourth-order valence-corrected chi connectivity index (χ4v) is 1.91. The summed E-state index contributed by atoms with van der Waals surface area (Å²) >= 11 is 0. The molecule has 82 valence electrons. The molecule has 0 radical (unpaired) electrons. The summed E-state index contributed by atoms with van der Waals surface area (Å²) in [4.78, 5) is 0. The molecule has 0 aliphatic carbocycles. The van der Waals surface area contributed by atoms with Crippen molar-refractivity contribution in [1.29, 1.82) is 0 Å². The van der Waals surface area contributed by atoms with Crippen LogP contribution < -0.4 is 4.74 Å². The van der Waals surface area contributed by atoms with Crippen LogP contribution in [0.3, 0.4) is 0 Å². The molecule has 15 heavy (non-hydrogen) atoms. The van der Waals surface area contributed by atoms with E-state index < -0.39 is 0 Å². The quantitative estimate of drug-likeness (QED) is 0.649. The molecule has 1 aromatic carbocycles. The van der Waals surface area contributed by atoms with Crippen LogP contribution in [0.2, 0.25) is 0 Å².